The molecule has 40 heavy (non-hydrogen) atoms. The first kappa shape index (κ1) is 24.9. The summed E-state index contributed by atoms with van der Waals surface area (Å²) in [5.41, 5.74) is 3.07. The first-order valence-electron chi connectivity index (χ1n) is 13.6. The highest BCUT2D eigenvalue weighted by atomic mass is 32.1. The van der Waals surface area contributed by atoms with E-state index >= 15 is 0 Å². The molecular formula is C30H29N5O4S. The third-order valence-corrected chi connectivity index (χ3v) is 8.64. The van der Waals surface area contributed by atoms with Gasteiger partial charge in [0, 0.05) is 18.8 Å². The second-order valence-electron chi connectivity index (χ2n) is 10.5. The Labute approximate surface area is 235 Å². The highest BCUT2D eigenvalue weighted by Crippen LogP contribution is 2.46. The van der Waals surface area contributed by atoms with Crippen LogP contribution >= 0.6 is 11.3 Å². The number of rotatable bonds is 7. The minimum Gasteiger partial charge on any atom is -0.457 e. The lowest BCUT2D eigenvalue weighted by atomic mass is 10.1. The summed E-state index contributed by atoms with van der Waals surface area (Å²) in [5, 5.41) is 11.2. The van der Waals surface area contributed by atoms with Gasteiger partial charge in [-0.3, -0.25) is 4.79 Å². The Bertz CT molecular complexity index is 1630. The number of benzene rings is 2. The van der Waals surface area contributed by atoms with Crippen LogP contribution in [0.25, 0.3) is 10.2 Å². The Morgan fingerprint density at radius 2 is 2.00 bits per heavy atom. The van der Waals surface area contributed by atoms with Gasteiger partial charge in [0.2, 0.25) is 0 Å². The quantitative estimate of drug-likeness (QED) is 0.254. The number of hydrogen-bond acceptors (Lipinski definition) is 7. The number of pyridine rings is 1. The molecule has 0 bridgehead atoms. The van der Waals surface area contributed by atoms with E-state index in [0.29, 0.717) is 43.9 Å². The van der Waals surface area contributed by atoms with Gasteiger partial charge in [-0.25, -0.2) is 9.78 Å². The molecule has 9 nitrogen and oxygen atoms in total. The maximum absolute atomic E-state index is 13.3. The molecule has 2 aromatic heterocycles. The van der Waals surface area contributed by atoms with Crippen LogP contribution in [-0.4, -0.2) is 36.1 Å². The number of hydrogen-bond donors (Lipinski definition) is 3. The van der Waals surface area contributed by atoms with Gasteiger partial charge in [-0.05, 0) is 86.5 Å². The van der Waals surface area contributed by atoms with Crippen molar-refractivity contribution < 1.29 is 19.2 Å². The largest absolute Gasteiger partial charge is 0.457 e. The minimum atomic E-state index is -0.482. The number of nitrogens with one attached hydrogen (secondary N) is 3. The minimum absolute atomic E-state index is 0.0577. The van der Waals surface area contributed by atoms with E-state index in [1.54, 1.807) is 18.3 Å². The molecule has 4 heterocycles. The molecule has 10 heteroatoms. The van der Waals surface area contributed by atoms with E-state index in [-0.39, 0.29) is 11.9 Å². The Kier molecular flexibility index (Phi) is 6.28. The molecule has 2 aromatic carbocycles. The van der Waals surface area contributed by atoms with Crippen molar-refractivity contribution in [1.82, 2.24) is 15.6 Å². The number of anilines is 2. The van der Waals surface area contributed by atoms with Crippen molar-refractivity contribution in [2.75, 3.05) is 23.5 Å². The van der Waals surface area contributed by atoms with Gasteiger partial charge >= 0.3 is 6.03 Å². The number of nitrogens with zero attached hydrogens (tertiary/aromatic N) is 2. The van der Waals surface area contributed by atoms with Crippen molar-refractivity contribution in [3.63, 3.8) is 0 Å². The number of carbonyl (C=O) groups excluding carboxylic acids is 2. The van der Waals surface area contributed by atoms with Gasteiger partial charge in [0.1, 0.15) is 26.9 Å². The van der Waals surface area contributed by atoms with Gasteiger partial charge in [0.15, 0.2) is 5.75 Å². The van der Waals surface area contributed by atoms with Gasteiger partial charge in [0.25, 0.3) is 5.91 Å². The van der Waals surface area contributed by atoms with Gasteiger partial charge in [-0.15, -0.1) is 16.4 Å². The molecule has 3 aliphatic rings. The maximum Gasteiger partial charge on any atom is 0.359 e. The predicted octanol–water partition coefficient (Wildman–Crippen LogP) is 6.10. The van der Waals surface area contributed by atoms with E-state index < -0.39 is 6.03 Å². The molecule has 3 N–H and O–H groups in total. The molecule has 0 unspecified atom stereocenters. The molecule has 0 spiro atoms. The van der Waals surface area contributed by atoms with Crippen molar-refractivity contribution in [1.29, 1.82) is 0 Å². The highest BCUT2D eigenvalue weighted by Gasteiger charge is 2.34. The summed E-state index contributed by atoms with van der Waals surface area (Å²) in [4.78, 5) is 38.2. The van der Waals surface area contributed by atoms with Crippen LogP contribution in [0.3, 0.4) is 0 Å². The first-order valence-corrected chi connectivity index (χ1v) is 14.5. The van der Waals surface area contributed by atoms with Crippen LogP contribution in [0.15, 0.2) is 54.7 Å². The Balaban J connectivity index is 1.14. The summed E-state index contributed by atoms with van der Waals surface area (Å²) in [7, 11) is 0. The fourth-order valence-corrected chi connectivity index (χ4v) is 6.38. The van der Waals surface area contributed by atoms with E-state index in [0.717, 1.165) is 37.2 Å². The van der Waals surface area contributed by atoms with E-state index in [4.69, 9.17) is 9.57 Å². The van der Waals surface area contributed by atoms with Crippen molar-refractivity contribution in [2.24, 2.45) is 0 Å². The molecule has 3 amide bonds. The maximum atomic E-state index is 13.3. The third kappa shape index (κ3) is 4.63. The topological polar surface area (TPSA) is 105 Å². The van der Waals surface area contributed by atoms with E-state index in [2.05, 4.69) is 27.0 Å². The number of amides is 3. The number of piperidine rings is 1. The Morgan fingerprint density at radius 1 is 1.12 bits per heavy atom. The van der Waals surface area contributed by atoms with Crippen molar-refractivity contribution in [2.45, 2.75) is 44.6 Å². The lowest BCUT2D eigenvalue weighted by Gasteiger charge is -2.28. The molecule has 2 aliphatic heterocycles. The number of ether oxygens (including phenoxy) is 1. The van der Waals surface area contributed by atoms with Crippen LogP contribution < -0.4 is 30.6 Å². The second kappa shape index (κ2) is 10.1. The molecule has 4 aromatic rings. The van der Waals surface area contributed by atoms with Gasteiger partial charge < -0.3 is 25.5 Å². The molecule has 1 saturated heterocycles. The summed E-state index contributed by atoms with van der Waals surface area (Å²) in [6.45, 7) is 3.61. The SMILES string of the molecule is Cc1cc(Oc2ccccc2C2CC2)ccc1ON1C(=O)Nc2c(C(=O)N[C@@H]3CCCNC3)sc3nccc1c23. The van der Waals surface area contributed by atoms with Crippen LogP contribution in [0.1, 0.15) is 52.4 Å². The Morgan fingerprint density at radius 3 is 2.80 bits per heavy atom. The highest BCUT2D eigenvalue weighted by molar-refractivity contribution is 7.21. The molecule has 204 valence electrons. The van der Waals surface area contributed by atoms with Crippen LogP contribution in [0, 0.1) is 6.92 Å². The lowest BCUT2D eigenvalue weighted by molar-refractivity contribution is 0.0935. The third-order valence-electron chi connectivity index (χ3n) is 7.54. The Hall–Kier alpha value is -4.15. The zero-order valence-electron chi connectivity index (χ0n) is 22.0. The summed E-state index contributed by atoms with van der Waals surface area (Å²) in [6, 6.07) is 15.0. The summed E-state index contributed by atoms with van der Waals surface area (Å²) >= 11 is 1.27. The number of hydroxylamine groups is 1. The molecule has 7 rings (SSSR count). The van der Waals surface area contributed by atoms with Gasteiger partial charge in [0.05, 0.1) is 11.1 Å². The molecule has 0 radical (unpaired) electrons. The fraction of sp³-hybridized carbons (Fsp3) is 0.300. The molecule has 1 saturated carbocycles. The number of thiophene rings is 1. The van der Waals surface area contributed by atoms with Gasteiger partial charge in [-0.1, -0.05) is 18.2 Å². The van der Waals surface area contributed by atoms with Crippen LogP contribution in [0.4, 0.5) is 16.2 Å². The predicted molar refractivity (Wildman–Crippen MR) is 155 cm³/mol. The second-order valence-corrected chi connectivity index (χ2v) is 11.5. The lowest BCUT2D eigenvalue weighted by Crippen LogP contribution is -2.45. The standard InChI is InChI=1S/C30H29N5O4S/c1-17-15-20(38-24-7-3-2-6-21(24)18-8-9-18)10-11-23(17)39-35-22-12-14-32-29-25(22)26(34-30(35)37)27(40-29)28(36)33-19-5-4-13-31-16-19/h2-3,6-7,10-12,14-15,18-19,31H,4-5,8-9,13,16H2,1H3,(H,33,36)(H,34,37)/t19-/m1/s1. The zero-order valence-corrected chi connectivity index (χ0v) is 22.8. The number of aromatic nitrogens is 1. The zero-order chi connectivity index (χ0) is 27.2. The number of carbonyl (C=O) groups is 2. The molecular weight excluding hydrogens is 526 g/mol. The summed E-state index contributed by atoms with van der Waals surface area (Å²) in [5.74, 6) is 2.47. The van der Waals surface area contributed by atoms with Gasteiger partial charge in [-0.2, -0.15) is 0 Å². The fourth-order valence-electron chi connectivity index (χ4n) is 5.36. The smallest absolute Gasteiger partial charge is 0.359 e. The molecule has 2 fully saturated rings. The first-order chi connectivity index (χ1) is 19.5. The normalized spacial score (nSPS) is 18.4. The summed E-state index contributed by atoms with van der Waals surface area (Å²) < 4.78 is 6.23. The average Bonchev–Trinajstić information content (AvgIpc) is 3.74. The summed E-state index contributed by atoms with van der Waals surface area (Å²) in [6.07, 6.45) is 5.96. The molecule has 1 atom stereocenters. The number of para-hydroxylation sites is 1. The van der Waals surface area contributed by atoms with Crippen molar-refractivity contribution in [3.8, 4) is 17.2 Å². The molecule has 1 aliphatic carbocycles. The van der Waals surface area contributed by atoms with E-state index in [9.17, 15) is 9.59 Å². The monoisotopic (exact) mass is 555 g/mol. The average molecular weight is 556 g/mol. The van der Waals surface area contributed by atoms with Crippen LogP contribution in [-0.2, 0) is 0 Å². The number of urea groups is 1. The van der Waals surface area contributed by atoms with Crippen molar-refractivity contribution in [3.05, 3.63) is 70.7 Å². The van der Waals surface area contributed by atoms with Crippen molar-refractivity contribution >= 4 is 44.9 Å². The number of aryl methyl sites for hydroxylation is 1. The van der Waals surface area contributed by atoms with E-state index in [1.807, 2.05) is 37.3 Å². The van der Waals surface area contributed by atoms with Crippen LogP contribution in [0.5, 0.6) is 17.2 Å². The van der Waals surface area contributed by atoms with E-state index in [1.165, 1.54) is 34.8 Å². The van der Waals surface area contributed by atoms with Crippen LogP contribution in [0.2, 0.25) is 0 Å².